The third-order valence-electron chi connectivity index (χ3n) is 0.733. The van der Waals surface area contributed by atoms with Crippen LogP contribution in [0.5, 0.6) is 0 Å². The van der Waals surface area contributed by atoms with Crippen LogP contribution in [0, 0.1) is 30.1 Å². The van der Waals surface area contributed by atoms with E-state index in [0.29, 0.717) is 5.41 Å². The molecule has 0 atom stereocenters. The quantitative estimate of drug-likeness (QED) is 0.331. The van der Waals surface area contributed by atoms with Crippen LogP contribution in [0.3, 0.4) is 0 Å². The molecule has 0 aromatic carbocycles. The van der Waals surface area contributed by atoms with Gasteiger partial charge in [0.15, 0.2) is 0 Å². The summed E-state index contributed by atoms with van der Waals surface area (Å²) in [4.78, 5) is 0. The van der Waals surface area contributed by atoms with Crippen LogP contribution in [0.2, 0.25) is 0 Å². The van der Waals surface area contributed by atoms with Crippen molar-refractivity contribution in [3.8, 4) is 0 Å². The van der Waals surface area contributed by atoms with E-state index in [2.05, 4.69) is 105 Å². The molecule has 0 aliphatic rings. The molecule has 21 heavy (non-hydrogen) atoms. The Hall–Kier alpha value is 0.358. The van der Waals surface area contributed by atoms with E-state index in [9.17, 15) is 0 Å². The van der Waals surface area contributed by atoms with Crippen LogP contribution in [-0.2, 0) is 17.9 Å². The Morgan fingerprint density at radius 3 is 1.05 bits per heavy atom. The largest absolute Gasteiger partial charge is 0.338 e. The molecule has 0 N–H and O–H groups in total. The SMILES string of the molecule is CC(C)(C)[CH]=[Mo+2]=[N]C(C)(C)C.[CH2-]C(C)(C)C.[CH2-]C(C)(C)C. The second-order valence-corrected chi connectivity index (χ2v) is 11.5. The molecule has 0 saturated carbocycles. The van der Waals surface area contributed by atoms with Crippen LogP contribution in [0.15, 0.2) is 3.50 Å². The Labute approximate surface area is 144 Å². The summed E-state index contributed by atoms with van der Waals surface area (Å²) in [6, 6.07) is 0. The normalized spacial score (nSPS) is 12.1. The Balaban J connectivity index is -0.000000270. The van der Waals surface area contributed by atoms with Gasteiger partial charge in [0.25, 0.3) is 0 Å². The molecule has 0 aliphatic carbocycles. The first kappa shape index (κ1) is 26.3. The van der Waals surface area contributed by atoms with Gasteiger partial charge in [0, 0.05) is 0 Å². The average Bonchev–Trinajstić information content (AvgIpc) is 1.89. The van der Waals surface area contributed by atoms with Crippen molar-refractivity contribution in [2.24, 2.45) is 19.7 Å². The van der Waals surface area contributed by atoms with Gasteiger partial charge >= 0.3 is 78.3 Å². The van der Waals surface area contributed by atoms with E-state index in [-0.39, 0.29) is 34.3 Å². The van der Waals surface area contributed by atoms with Gasteiger partial charge in [-0.1, -0.05) is 41.5 Å². The fourth-order valence-electron chi connectivity index (χ4n) is 0.343. The van der Waals surface area contributed by atoms with Crippen molar-refractivity contribution >= 4 is 4.40 Å². The van der Waals surface area contributed by atoms with Gasteiger partial charge in [0.05, 0.1) is 0 Å². The summed E-state index contributed by atoms with van der Waals surface area (Å²) in [5, 5.41) is 0. The van der Waals surface area contributed by atoms with Crippen molar-refractivity contribution in [3.63, 3.8) is 0 Å². The number of hydrogen-bond donors (Lipinski definition) is 0. The van der Waals surface area contributed by atoms with Gasteiger partial charge in [-0.15, -0.1) is 0 Å². The average molecular weight is 379 g/mol. The van der Waals surface area contributed by atoms with E-state index in [1.165, 1.54) is 0 Å². The third kappa shape index (κ3) is 98.2. The predicted molar refractivity (Wildman–Crippen MR) is 97.3 cm³/mol. The summed E-state index contributed by atoms with van der Waals surface area (Å²) in [6.07, 6.45) is 0. The van der Waals surface area contributed by atoms with Crippen molar-refractivity contribution in [2.45, 2.75) is 88.6 Å². The zero-order valence-electron chi connectivity index (χ0n) is 16.8. The monoisotopic (exact) mass is 381 g/mol. The maximum atomic E-state index is 4.62. The molecular formula is C19H41MoN. The minimum atomic E-state index is -0.222. The standard InChI is InChI=1S/2C5H11.C5H10.C4H9N.Mo/c3*1-5(2,3)4;1-4(2,3)5;/h2*1H2,2-4H3;1H,2-4H3;1-3H3;/q2*-1;;;+2. The maximum Gasteiger partial charge on any atom is -0.0878 e. The fraction of sp³-hybridized carbons (Fsp3) is 0.842. The molecule has 0 amide bonds. The van der Waals surface area contributed by atoms with Crippen LogP contribution in [0.4, 0.5) is 0 Å². The first-order valence-corrected chi connectivity index (χ1v) is 9.69. The first-order chi connectivity index (χ1) is 8.71. The molecule has 0 saturated heterocycles. The molecule has 0 aromatic rings. The summed E-state index contributed by atoms with van der Waals surface area (Å²) in [5.74, 6) is 0. The molecule has 0 fully saturated rings. The van der Waals surface area contributed by atoms with Gasteiger partial charge < -0.3 is 13.8 Å². The van der Waals surface area contributed by atoms with Crippen LogP contribution in [-0.4, -0.2) is 9.94 Å². The van der Waals surface area contributed by atoms with Crippen molar-refractivity contribution in [1.29, 1.82) is 0 Å². The Morgan fingerprint density at radius 2 is 0.905 bits per heavy atom. The molecule has 0 heterocycles. The number of rotatable bonds is 0. The molecule has 0 rings (SSSR count). The zero-order chi connectivity index (χ0) is 18.1. The molecule has 0 spiro atoms. The molecule has 0 aliphatic heterocycles. The summed E-state index contributed by atoms with van der Waals surface area (Å²) in [5.41, 5.74) is 1.03. The third-order valence-corrected chi connectivity index (χ3v) is 4.34. The van der Waals surface area contributed by atoms with Gasteiger partial charge in [-0.05, 0) is 0 Å². The molecule has 0 bridgehead atoms. The molecule has 0 radical (unpaired) electrons. The Morgan fingerprint density at radius 1 is 0.667 bits per heavy atom. The summed E-state index contributed by atoms with van der Waals surface area (Å²) >= 11 is -0.222. The van der Waals surface area contributed by atoms with Crippen LogP contribution in [0.25, 0.3) is 0 Å². The maximum absolute atomic E-state index is 4.62. The second kappa shape index (κ2) is 10.2. The molecule has 2 heteroatoms. The second-order valence-electron chi connectivity index (χ2n) is 9.97. The summed E-state index contributed by atoms with van der Waals surface area (Å²) in [6.45, 7) is 33.2. The van der Waals surface area contributed by atoms with E-state index in [1.807, 2.05) is 0 Å². The van der Waals surface area contributed by atoms with Crippen LogP contribution >= 0.6 is 0 Å². The molecule has 0 unspecified atom stereocenters. The van der Waals surface area contributed by atoms with Gasteiger partial charge in [-0.2, -0.15) is 10.8 Å². The summed E-state index contributed by atoms with van der Waals surface area (Å²) in [7, 11) is 0. The van der Waals surface area contributed by atoms with E-state index in [1.54, 1.807) is 0 Å². The van der Waals surface area contributed by atoms with Crippen LogP contribution < -0.4 is 0 Å². The molecule has 128 valence electrons. The summed E-state index contributed by atoms with van der Waals surface area (Å²) < 4.78 is 6.99. The van der Waals surface area contributed by atoms with E-state index in [4.69, 9.17) is 0 Å². The first-order valence-electron chi connectivity index (χ1n) is 7.64. The van der Waals surface area contributed by atoms with Crippen LogP contribution in [0.1, 0.15) is 83.1 Å². The number of nitrogens with zero attached hydrogens (tertiary/aromatic N) is 1. The van der Waals surface area contributed by atoms with Gasteiger partial charge in [-0.25, -0.2) is 0 Å². The van der Waals surface area contributed by atoms with Crippen molar-refractivity contribution in [2.75, 3.05) is 0 Å². The van der Waals surface area contributed by atoms with Crippen molar-refractivity contribution in [1.82, 2.24) is 0 Å². The molecule has 0 aromatic heterocycles. The Bertz CT molecular complexity index is 265. The van der Waals surface area contributed by atoms with Crippen molar-refractivity contribution < 1.29 is 17.9 Å². The number of hydrogen-bond acceptors (Lipinski definition) is 1. The van der Waals surface area contributed by atoms with Crippen molar-refractivity contribution in [3.05, 3.63) is 13.8 Å². The minimum Gasteiger partial charge on any atom is -0.338 e. The van der Waals surface area contributed by atoms with Gasteiger partial charge in [0.1, 0.15) is 0 Å². The van der Waals surface area contributed by atoms with Gasteiger partial charge in [0.2, 0.25) is 0 Å². The fourth-order valence-corrected chi connectivity index (χ4v) is 2.03. The predicted octanol–water partition coefficient (Wildman–Crippen LogP) is 6.63. The Kier molecular flexibility index (Phi) is 12.7. The minimum absolute atomic E-state index is 0.171. The zero-order valence-corrected chi connectivity index (χ0v) is 18.9. The smallest absolute Gasteiger partial charge is 0.0878 e. The topological polar surface area (TPSA) is 12.4 Å². The van der Waals surface area contributed by atoms with Gasteiger partial charge in [-0.3, -0.25) is 0 Å². The van der Waals surface area contributed by atoms with E-state index in [0.717, 1.165) is 0 Å². The van der Waals surface area contributed by atoms with E-state index < -0.39 is 0 Å². The van der Waals surface area contributed by atoms with E-state index >= 15 is 0 Å². The molecule has 1 nitrogen and oxygen atoms in total. The molecular weight excluding hydrogens is 338 g/mol.